The van der Waals surface area contributed by atoms with Crippen LogP contribution in [-0.2, 0) is 21.7 Å². The Hall–Kier alpha value is -3.05. The summed E-state index contributed by atoms with van der Waals surface area (Å²) in [6.07, 6.45) is 0. The number of rotatable bonds is 5. The van der Waals surface area contributed by atoms with Crippen LogP contribution in [0.2, 0.25) is 0 Å². The van der Waals surface area contributed by atoms with Gasteiger partial charge in [-0.15, -0.1) is 0 Å². The van der Waals surface area contributed by atoms with Crippen molar-refractivity contribution in [2.75, 3.05) is 12.9 Å². The highest BCUT2D eigenvalue weighted by Crippen LogP contribution is 2.22. The highest BCUT2D eigenvalue weighted by molar-refractivity contribution is 7.92. The second-order valence-corrected chi connectivity index (χ2v) is 8.79. The SMILES string of the molecule is COc1ccc(S(=O)(=O)CC(=O)N=c2sc3cc([N+](=O)[O-])ccc3n2C)cc1. The van der Waals surface area contributed by atoms with E-state index >= 15 is 0 Å². The third-order valence-corrected chi connectivity index (χ3v) is 6.67. The van der Waals surface area contributed by atoms with Gasteiger partial charge in [0.05, 0.1) is 27.1 Å². The van der Waals surface area contributed by atoms with E-state index in [1.165, 1.54) is 43.5 Å². The van der Waals surface area contributed by atoms with Crippen LogP contribution < -0.4 is 9.54 Å². The smallest absolute Gasteiger partial charge is 0.270 e. The molecule has 3 rings (SSSR count). The normalized spacial score (nSPS) is 12.3. The summed E-state index contributed by atoms with van der Waals surface area (Å²) in [5.41, 5.74) is 0.578. The molecule has 0 N–H and O–H groups in total. The van der Waals surface area contributed by atoms with Crippen LogP contribution in [0.1, 0.15) is 0 Å². The van der Waals surface area contributed by atoms with Crippen LogP contribution in [-0.4, -0.2) is 36.7 Å². The Balaban J connectivity index is 1.91. The summed E-state index contributed by atoms with van der Waals surface area (Å²) in [6.45, 7) is 0. The lowest BCUT2D eigenvalue weighted by Crippen LogP contribution is -2.19. The fraction of sp³-hybridized carbons (Fsp3) is 0.176. The van der Waals surface area contributed by atoms with Crippen LogP contribution in [0.15, 0.2) is 52.4 Å². The topological polar surface area (TPSA) is 121 Å². The van der Waals surface area contributed by atoms with E-state index in [1.807, 2.05) is 0 Å². The number of nitro benzene ring substituents is 1. The first-order valence-electron chi connectivity index (χ1n) is 7.89. The molecule has 0 unspecified atom stereocenters. The molecule has 0 spiro atoms. The van der Waals surface area contributed by atoms with Gasteiger partial charge in [0.2, 0.25) is 0 Å². The van der Waals surface area contributed by atoms with Gasteiger partial charge in [0, 0.05) is 19.2 Å². The summed E-state index contributed by atoms with van der Waals surface area (Å²) in [4.78, 5) is 26.8. The van der Waals surface area contributed by atoms with E-state index in [1.54, 1.807) is 17.7 Å². The molecule has 0 saturated heterocycles. The minimum Gasteiger partial charge on any atom is -0.497 e. The number of non-ortho nitro benzene ring substituents is 1. The molecule has 146 valence electrons. The zero-order chi connectivity index (χ0) is 20.5. The summed E-state index contributed by atoms with van der Waals surface area (Å²) < 4.78 is 32.0. The van der Waals surface area contributed by atoms with Crippen molar-refractivity contribution in [3.63, 3.8) is 0 Å². The number of nitro groups is 1. The molecule has 0 fully saturated rings. The number of thiazole rings is 1. The second-order valence-electron chi connectivity index (χ2n) is 5.79. The molecule has 0 radical (unpaired) electrons. The number of methoxy groups -OCH3 is 1. The Morgan fingerprint density at radius 1 is 1.25 bits per heavy atom. The van der Waals surface area contributed by atoms with E-state index < -0.39 is 26.4 Å². The fourth-order valence-electron chi connectivity index (χ4n) is 2.51. The molecule has 0 aliphatic rings. The van der Waals surface area contributed by atoms with Gasteiger partial charge in [-0.3, -0.25) is 14.9 Å². The van der Waals surface area contributed by atoms with Crippen LogP contribution in [0.3, 0.4) is 0 Å². The summed E-state index contributed by atoms with van der Waals surface area (Å²) >= 11 is 1.07. The Morgan fingerprint density at radius 2 is 1.93 bits per heavy atom. The Kier molecular flexibility index (Phi) is 5.29. The minimum absolute atomic E-state index is 0.00631. The number of carbonyl (C=O) groups excluding carboxylic acids is 1. The predicted molar refractivity (Wildman–Crippen MR) is 103 cm³/mol. The van der Waals surface area contributed by atoms with Gasteiger partial charge >= 0.3 is 0 Å². The molecule has 0 aliphatic carbocycles. The standard InChI is InChI=1S/C17H15N3O6S2/c1-19-14-8-3-11(20(22)23)9-15(14)27-17(19)18-16(21)10-28(24,25)13-6-4-12(26-2)5-7-13/h3-9H,10H2,1-2H3. The number of benzene rings is 2. The lowest BCUT2D eigenvalue weighted by molar-refractivity contribution is -0.384. The molecule has 1 aromatic heterocycles. The van der Waals surface area contributed by atoms with E-state index in [0.29, 0.717) is 16.0 Å². The number of aromatic nitrogens is 1. The number of hydrogen-bond donors (Lipinski definition) is 0. The maximum Gasteiger partial charge on any atom is 0.270 e. The molecule has 1 heterocycles. The van der Waals surface area contributed by atoms with Crippen molar-refractivity contribution in [3.05, 3.63) is 57.4 Å². The number of ether oxygens (including phenoxy) is 1. The molecule has 11 heteroatoms. The number of nitrogens with zero attached hydrogens (tertiary/aromatic N) is 3. The Morgan fingerprint density at radius 3 is 2.54 bits per heavy atom. The number of fused-ring (bicyclic) bond motifs is 1. The first kappa shape index (κ1) is 19.7. The predicted octanol–water partition coefficient (Wildman–Crippen LogP) is 2.06. The number of amides is 1. The van der Waals surface area contributed by atoms with Gasteiger partial charge < -0.3 is 9.30 Å². The summed E-state index contributed by atoms with van der Waals surface area (Å²) in [5, 5.41) is 10.9. The number of carbonyl (C=O) groups is 1. The lowest BCUT2D eigenvalue weighted by atomic mass is 10.3. The van der Waals surface area contributed by atoms with Crippen molar-refractivity contribution in [2.24, 2.45) is 12.0 Å². The molecule has 2 aromatic carbocycles. The average molecular weight is 421 g/mol. The molecule has 0 saturated carbocycles. The first-order valence-corrected chi connectivity index (χ1v) is 10.4. The van der Waals surface area contributed by atoms with Gasteiger partial charge in [0.15, 0.2) is 14.6 Å². The molecular weight excluding hydrogens is 406 g/mol. The van der Waals surface area contributed by atoms with Crippen molar-refractivity contribution >= 4 is 43.0 Å². The molecular formula is C17H15N3O6S2. The lowest BCUT2D eigenvalue weighted by Gasteiger charge is -2.03. The van der Waals surface area contributed by atoms with E-state index in [9.17, 15) is 23.3 Å². The average Bonchev–Trinajstić information content (AvgIpc) is 2.96. The van der Waals surface area contributed by atoms with E-state index in [-0.39, 0.29) is 15.4 Å². The van der Waals surface area contributed by atoms with Crippen LogP contribution in [0, 0.1) is 10.1 Å². The van der Waals surface area contributed by atoms with Crippen LogP contribution in [0.25, 0.3) is 10.2 Å². The fourth-order valence-corrected chi connectivity index (χ4v) is 4.69. The summed E-state index contributed by atoms with van der Waals surface area (Å²) in [7, 11) is -0.747. The van der Waals surface area contributed by atoms with Crippen LogP contribution in [0.5, 0.6) is 5.75 Å². The molecule has 28 heavy (non-hydrogen) atoms. The van der Waals surface area contributed by atoms with Gasteiger partial charge in [-0.25, -0.2) is 8.42 Å². The number of sulfone groups is 1. The zero-order valence-electron chi connectivity index (χ0n) is 14.9. The van der Waals surface area contributed by atoms with E-state index in [4.69, 9.17) is 4.74 Å². The van der Waals surface area contributed by atoms with Gasteiger partial charge in [-0.2, -0.15) is 4.99 Å². The second kappa shape index (κ2) is 7.52. The third kappa shape index (κ3) is 3.94. The molecule has 0 bridgehead atoms. The molecule has 3 aromatic rings. The van der Waals surface area contributed by atoms with Crippen molar-refractivity contribution in [1.29, 1.82) is 0 Å². The van der Waals surface area contributed by atoms with Crippen molar-refractivity contribution in [2.45, 2.75) is 4.90 Å². The highest BCUT2D eigenvalue weighted by Gasteiger charge is 2.19. The minimum atomic E-state index is -3.86. The van der Waals surface area contributed by atoms with Gasteiger partial charge in [-0.05, 0) is 30.3 Å². The monoisotopic (exact) mass is 421 g/mol. The molecule has 9 nitrogen and oxygen atoms in total. The number of aryl methyl sites for hydroxylation is 1. The van der Waals surface area contributed by atoms with E-state index in [2.05, 4.69) is 4.99 Å². The van der Waals surface area contributed by atoms with Crippen LogP contribution >= 0.6 is 11.3 Å². The third-order valence-electron chi connectivity index (χ3n) is 3.96. The zero-order valence-corrected chi connectivity index (χ0v) is 16.5. The highest BCUT2D eigenvalue weighted by atomic mass is 32.2. The quantitative estimate of drug-likeness (QED) is 0.459. The van der Waals surface area contributed by atoms with Gasteiger partial charge in [0.1, 0.15) is 11.5 Å². The number of hydrogen-bond acceptors (Lipinski definition) is 7. The molecule has 0 atom stereocenters. The van der Waals surface area contributed by atoms with Crippen molar-refractivity contribution in [3.8, 4) is 5.75 Å². The van der Waals surface area contributed by atoms with Gasteiger partial charge in [-0.1, -0.05) is 11.3 Å². The van der Waals surface area contributed by atoms with Gasteiger partial charge in [0.25, 0.3) is 11.6 Å². The molecule has 0 aliphatic heterocycles. The largest absolute Gasteiger partial charge is 0.497 e. The summed E-state index contributed by atoms with van der Waals surface area (Å²) in [6, 6.07) is 10.0. The van der Waals surface area contributed by atoms with Crippen LogP contribution in [0.4, 0.5) is 5.69 Å². The Labute approximate surface area is 163 Å². The van der Waals surface area contributed by atoms with Crippen molar-refractivity contribution in [1.82, 2.24) is 4.57 Å². The van der Waals surface area contributed by atoms with Crippen molar-refractivity contribution < 1.29 is 22.9 Å². The summed E-state index contributed by atoms with van der Waals surface area (Å²) in [5.74, 6) is -1.11. The molecule has 1 amide bonds. The maximum atomic E-state index is 12.4. The maximum absolute atomic E-state index is 12.4. The first-order chi connectivity index (χ1) is 13.2. The van der Waals surface area contributed by atoms with E-state index in [0.717, 1.165) is 11.3 Å². The Bertz CT molecular complexity index is 1240.